The van der Waals surface area contributed by atoms with Crippen molar-refractivity contribution in [1.82, 2.24) is 5.32 Å². The molecule has 1 saturated heterocycles. The summed E-state index contributed by atoms with van der Waals surface area (Å²) in [6.45, 7) is 9.17. The van der Waals surface area contributed by atoms with E-state index in [1.165, 1.54) is 19.3 Å². The van der Waals surface area contributed by atoms with Gasteiger partial charge in [0.25, 0.3) is 0 Å². The highest BCUT2D eigenvalue weighted by atomic mass is 35.5. The van der Waals surface area contributed by atoms with E-state index in [2.05, 4.69) is 11.9 Å². The third-order valence-corrected chi connectivity index (χ3v) is 5.20. The molecule has 2 rings (SSSR count). The monoisotopic (exact) mass is 385 g/mol. The van der Waals surface area contributed by atoms with Crippen LogP contribution in [0.4, 0.5) is 4.79 Å². The Hall–Kier alpha value is -1.23. The first kappa shape index (κ1) is 21.1. The van der Waals surface area contributed by atoms with Crippen LogP contribution in [0.25, 0.3) is 0 Å². The number of halogens is 1. The second kappa shape index (κ2) is 9.12. The quantitative estimate of drug-likeness (QED) is 0.658. The Morgan fingerprint density at radius 1 is 1.35 bits per heavy atom. The molecule has 1 aliphatic heterocycles. The van der Waals surface area contributed by atoms with Crippen molar-refractivity contribution in [3.63, 3.8) is 0 Å². The molecule has 0 radical (unpaired) electrons. The van der Waals surface area contributed by atoms with Crippen LogP contribution in [-0.4, -0.2) is 29.8 Å². The van der Waals surface area contributed by atoms with Crippen molar-refractivity contribution in [2.75, 3.05) is 0 Å². The summed E-state index contributed by atoms with van der Waals surface area (Å²) in [5.74, 6) is 0.0140. The van der Waals surface area contributed by atoms with Gasteiger partial charge in [-0.15, -0.1) is 0 Å². The van der Waals surface area contributed by atoms with Crippen LogP contribution in [0.5, 0.6) is 0 Å². The molecule has 3 atom stereocenters. The fraction of sp³-hybridized carbons (Fsp3) is 0.800. The van der Waals surface area contributed by atoms with E-state index in [0.717, 1.165) is 19.3 Å². The van der Waals surface area contributed by atoms with Gasteiger partial charge in [0, 0.05) is 11.5 Å². The molecule has 2 fully saturated rings. The van der Waals surface area contributed by atoms with Crippen molar-refractivity contribution in [2.24, 2.45) is 11.8 Å². The van der Waals surface area contributed by atoms with Gasteiger partial charge in [0.15, 0.2) is 0 Å². The molecular weight excluding hydrogens is 354 g/mol. The van der Waals surface area contributed by atoms with Crippen LogP contribution in [-0.2, 0) is 14.3 Å². The zero-order chi connectivity index (χ0) is 19.3. The van der Waals surface area contributed by atoms with Crippen LogP contribution in [0.2, 0.25) is 0 Å². The molecule has 6 heteroatoms. The highest BCUT2D eigenvalue weighted by molar-refractivity contribution is 6.29. The smallest absolute Gasteiger partial charge is 0.408 e. The lowest BCUT2D eigenvalue weighted by molar-refractivity contribution is -0.145. The molecule has 0 bridgehead atoms. The third-order valence-electron chi connectivity index (χ3n) is 5.05. The molecule has 0 spiro atoms. The standard InChI is InChI=1S/C20H32ClNO4/c1-13(21)10-15-12-17(25-18(15)23)16(11-14-8-6-5-7-9-14)22-19(24)26-20(2,3)4/h14-17H,1,5-12H2,2-4H3,(H,22,24)/t15-,16-,17-/m0/s1. The fourth-order valence-electron chi connectivity index (χ4n) is 3.90. The van der Waals surface area contributed by atoms with E-state index in [1.54, 1.807) is 0 Å². The third kappa shape index (κ3) is 6.82. The van der Waals surface area contributed by atoms with Crippen molar-refractivity contribution in [1.29, 1.82) is 0 Å². The molecule has 1 N–H and O–H groups in total. The Morgan fingerprint density at radius 2 is 2.00 bits per heavy atom. The molecule has 0 aromatic rings. The highest BCUT2D eigenvalue weighted by Gasteiger charge is 2.40. The number of esters is 1. The first-order valence-electron chi connectivity index (χ1n) is 9.67. The lowest BCUT2D eigenvalue weighted by atomic mass is 9.83. The number of allylic oxidation sites excluding steroid dienone is 1. The molecule has 1 aliphatic carbocycles. The van der Waals surface area contributed by atoms with Crippen molar-refractivity contribution in [2.45, 2.75) is 89.9 Å². The molecule has 0 aromatic carbocycles. The molecule has 148 valence electrons. The maximum Gasteiger partial charge on any atom is 0.408 e. The SMILES string of the molecule is C=C(Cl)C[C@H]1C[C@@H]([C@H](CC2CCCCC2)NC(=O)OC(C)(C)C)OC1=O. The van der Waals surface area contributed by atoms with Crippen LogP contribution in [0.1, 0.15) is 72.1 Å². The van der Waals surface area contributed by atoms with Gasteiger partial charge in [0.2, 0.25) is 0 Å². The Bertz CT molecular complexity index is 522. The van der Waals surface area contributed by atoms with Crippen LogP contribution < -0.4 is 5.32 Å². The summed E-state index contributed by atoms with van der Waals surface area (Å²) < 4.78 is 11.0. The summed E-state index contributed by atoms with van der Waals surface area (Å²) in [6.07, 6.45) is 7.04. The highest BCUT2D eigenvalue weighted by Crippen LogP contribution is 2.34. The molecule has 2 aliphatic rings. The minimum Gasteiger partial charge on any atom is -0.460 e. The fourth-order valence-corrected chi connectivity index (χ4v) is 4.08. The molecule has 1 heterocycles. The lowest BCUT2D eigenvalue weighted by Crippen LogP contribution is -2.46. The van der Waals surface area contributed by atoms with E-state index in [1.807, 2.05) is 20.8 Å². The number of cyclic esters (lactones) is 1. The van der Waals surface area contributed by atoms with Crippen molar-refractivity contribution < 1.29 is 19.1 Å². The number of amides is 1. The second-order valence-corrected chi connectivity index (χ2v) is 9.16. The Balaban J connectivity index is 2.03. The maximum absolute atomic E-state index is 12.3. The van der Waals surface area contributed by atoms with Gasteiger partial charge in [-0.1, -0.05) is 50.3 Å². The summed E-state index contributed by atoms with van der Waals surface area (Å²) in [7, 11) is 0. The first-order valence-corrected chi connectivity index (χ1v) is 10.0. The Labute approximate surface area is 161 Å². The van der Waals surface area contributed by atoms with Gasteiger partial charge >= 0.3 is 12.1 Å². The Kier molecular flexibility index (Phi) is 7.39. The van der Waals surface area contributed by atoms with Gasteiger partial charge in [0.05, 0.1) is 12.0 Å². The van der Waals surface area contributed by atoms with E-state index < -0.39 is 11.7 Å². The summed E-state index contributed by atoms with van der Waals surface area (Å²) in [6, 6.07) is -0.231. The average Bonchev–Trinajstić information content (AvgIpc) is 2.86. The summed E-state index contributed by atoms with van der Waals surface area (Å²) in [4.78, 5) is 24.5. The number of alkyl carbamates (subject to hydrolysis) is 1. The molecule has 5 nitrogen and oxygen atoms in total. The summed E-state index contributed by atoms with van der Waals surface area (Å²) >= 11 is 5.87. The van der Waals surface area contributed by atoms with Gasteiger partial charge in [0.1, 0.15) is 11.7 Å². The van der Waals surface area contributed by atoms with Crippen LogP contribution in [0.3, 0.4) is 0 Å². The molecular formula is C20H32ClNO4. The average molecular weight is 386 g/mol. The van der Waals surface area contributed by atoms with Gasteiger partial charge in [-0.2, -0.15) is 0 Å². The van der Waals surface area contributed by atoms with Crippen molar-refractivity contribution >= 4 is 23.7 Å². The number of carbonyl (C=O) groups is 2. The number of hydrogen-bond acceptors (Lipinski definition) is 4. The number of rotatable bonds is 6. The molecule has 1 amide bonds. The van der Waals surface area contributed by atoms with E-state index in [9.17, 15) is 9.59 Å². The Morgan fingerprint density at radius 3 is 2.58 bits per heavy atom. The summed E-state index contributed by atoms with van der Waals surface area (Å²) in [5, 5.41) is 3.42. The number of ether oxygens (including phenoxy) is 2. The topological polar surface area (TPSA) is 64.6 Å². The lowest BCUT2D eigenvalue weighted by Gasteiger charge is -2.30. The molecule has 0 aromatic heterocycles. The summed E-state index contributed by atoms with van der Waals surface area (Å²) in [5.41, 5.74) is -0.565. The van der Waals surface area contributed by atoms with Crippen molar-refractivity contribution in [3.8, 4) is 0 Å². The van der Waals surface area contributed by atoms with Crippen LogP contribution in [0, 0.1) is 11.8 Å². The normalized spacial score (nSPS) is 25.5. The maximum atomic E-state index is 12.3. The van der Waals surface area contributed by atoms with E-state index in [-0.39, 0.29) is 24.0 Å². The first-order chi connectivity index (χ1) is 12.1. The van der Waals surface area contributed by atoms with Crippen LogP contribution in [0.15, 0.2) is 11.6 Å². The van der Waals surface area contributed by atoms with Gasteiger partial charge in [-0.05, 0) is 39.5 Å². The minimum absolute atomic E-state index is 0.231. The number of carbonyl (C=O) groups excluding carboxylic acids is 2. The van der Waals surface area contributed by atoms with Crippen LogP contribution >= 0.6 is 11.6 Å². The molecule has 1 saturated carbocycles. The van der Waals surface area contributed by atoms with Gasteiger partial charge < -0.3 is 14.8 Å². The number of nitrogens with one attached hydrogen (secondary N) is 1. The molecule has 0 unspecified atom stereocenters. The van der Waals surface area contributed by atoms with Crippen molar-refractivity contribution in [3.05, 3.63) is 11.6 Å². The van der Waals surface area contributed by atoms with Gasteiger partial charge in [-0.25, -0.2) is 4.79 Å². The zero-order valence-corrected chi connectivity index (χ0v) is 16.9. The van der Waals surface area contributed by atoms with E-state index in [4.69, 9.17) is 21.1 Å². The minimum atomic E-state index is -0.565. The van der Waals surface area contributed by atoms with E-state index >= 15 is 0 Å². The number of hydrogen-bond donors (Lipinski definition) is 1. The van der Waals surface area contributed by atoms with Gasteiger partial charge in [-0.3, -0.25) is 4.79 Å². The second-order valence-electron chi connectivity index (χ2n) is 8.62. The zero-order valence-electron chi connectivity index (χ0n) is 16.2. The predicted octanol–water partition coefficient (Wildman–Crippen LogP) is 4.92. The predicted molar refractivity (Wildman–Crippen MR) is 102 cm³/mol. The molecule has 26 heavy (non-hydrogen) atoms. The van der Waals surface area contributed by atoms with E-state index in [0.29, 0.717) is 23.8 Å². The largest absolute Gasteiger partial charge is 0.460 e.